The average Bonchev–Trinajstić information content (AvgIpc) is 3.32. The summed E-state index contributed by atoms with van der Waals surface area (Å²) < 4.78 is 55.3. The fourth-order valence-corrected chi connectivity index (χ4v) is 3.87. The van der Waals surface area contributed by atoms with Crippen molar-refractivity contribution < 1.29 is 27.5 Å². The van der Waals surface area contributed by atoms with Crippen molar-refractivity contribution in [2.75, 3.05) is 5.32 Å². The summed E-state index contributed by atoms with van der Waals surface area (Å²) in [6, 6.07) is 9.02. The minimum absolute atomic E-state index is 0.0507. The predicted molar refractivity (Wildman–Crippen MR) is 129 cm³/mol. The second kappa shape index (κ2) is 10.2. The number of nitrogens with zero attached hydrogens (tertiary/aromatic N) is 7. The molecule has 1 aliphatic rings. The van der Waals surface area contributed by atoms with Crippen LogP contribution in [0.4, 0.5) is 23.2 Å². The van der Waals surface area contributed by atoms with Crippen LogP contribution in [-0.2, 0) is 17.9 Å². The Morgan fingerprint density at radius 1 is 1.18 bits per heavy atom. The molecule has 3 atom stereocenters. The average molecular weight is 567 g/mol. The molecule has 1 aromatic carbocycles. The predicted octanol–water partition coefficient (Wildman–Crippen LogP) is 2.61. The Morgan fingerprint density at radius 2 is 1.90 bits per heavy atom. The molecule has 0 saturated heterocycles. The summed E-state index contributed by atoms with van der Waals surface area (Å²) in [6.45, 7) is -1.42. The molecule has 1 saturated carbocycles. The highest BCUT2D eigenvalue weighted by molar-refractivity contribution is 6.30. The minimum atomic E-state index is -4.96. The second-order valence-electron chi connectivity index (χ2n) is 8.77. The van der Waals surface area contributed by atoms with Crippen LogP contribution in [0.2, 0.25) is 5.02 Å². The molecule has 5 rings (SSSR count). The molecule has 3 heterocycles. The molecule has 11 nitrogen and oxygen atoms in total. The van der Waals surface area contributed by atoms with Crippen molar-refractivity contribution in [3.63, 3.8) is 0 Å². The van der Waals surface area contributed by atoms with E-state index in [1.54, 1.807) is 12.1 Å². The summed E-state index contributed by atoms with van der Waals surface area (Å²) in [6.07, 6.45) is -6.10. The molecule has 1 aliphatic carbocycles. The number of hydrogen-bond donors (Lipinski definition) is 2. The molecular weight excluding hydrogens is 548 g/mol. The Kier molecular flexibility index (Phi) is 6.94. The first-order valence-electron chi connectivity index (χ1n) is 11.5. The Balaban J connectivity index is 1.43. The van der Waals surface area contributed by atoms with Gasteiger partial charge in [0.15, 0.2) is 23.6 Å². The third-order valence-corrected chi connectivity index (χ3v) is 6.15. The zero-order valence-electron chi connectivity index (χ0n) is 19.8. The van der Waals surface area contributed by atoms with E-state index in [0.717, 1.165) is 4.68 Å². The van der Waals surface area contributed by atoms with Crippen molar-refractivity contribution in [2.45, 2.75) is 38.0 Å². The van der Waals surface area contributed by atoms with Crippen molar-refractivity contribution in [1.82, 2.24) is 34.1 Å². The van der Waals surface area contributed by atoms with Crippen molar-refractivity contribution in [2.24, 2.45) is 5.92 Å². The Labute approximate surface area is 221 Å². The maximum absolute atomic E-state index is 13.3. The first-order valence-corrected chi connectivity index (χ1v) is 11.9. The molecule has 2 unspecified atom stereocenters. The summed E-state index contributed by atoms with van der Waals surface area (Å²) in [5, 5.41) is 21.0. The molecule has 1 amide bonds. The van der Waals surface area contributed by atoms with Crippen LogP contribution < -0.4 is 11.0 Å². The van der Waals surface area contributed by atoms with Crippen molar-refractivity contribution in [3.8, 4) is 17.2 Å². The van der Waals surface area contributed by atoms with Gasteiger partial charge in [-0.3, -0.25) is 9.36 Å². The highest BCUT2D eigenvalue weighted by Crippen LogP contribution is 2.35. The van der Waals surface area contributed by atoms with Gasteiger partial charge in [-0.1, -0.05) is 11.6 Å². The van der Waals surface area contributed by atoms with Gasteiger partial charge in [-0.2, -0.15) is 13.2 Å². The number of carbonyl (C=O) groups excluding carboxylic acids is 1. The number of alkyl halides is 4. The lowest BCUT2D eigenvalue weighted by Gasteiger charge is -2.15. The quantitative estimate of drug-likeness (QED) is 0.313. The Bertz CT molecular complexity index is 1570. The summed E-state index contributed by atoms with van der Waals surface area (Å²) in [5.74, 6) is -1.12. The highest BCUT2D eigenvalue weighted by atomic mass is 35.5. The molecule has 0 radical (unpaired) electrons. The molecule has 4 aromatic rings. The molecule has 3 aromatic heterocycles. The largest absolute Gasteiger partial charge is 0.416 e. The summed E-state index contributed by atoms with van der Waals surface area (Å²) >= 11 is 5.90. The van der Waals surface area contributed by atoms with Crippen molar-refractivity contribution >= 4 is 23.2 Å². The Hall–Kier alpha value is -4.11. The van der Waals surface area contributed by atoms with E-state index in [-0.39, 0.29) is 36.1 Å². The first kappa shape index (κ1) is 26.5. The third-order valence-electron chi connectivity index (χ3n) is 5.90. The number of benzene rings is 1. The lowest BCUT2D eigenvalue weighted by Crippen LogP contribution is -2.37. The first-order chi connectivity index (χ1) is 18.5. The standard InChI is InChI=1S/C23H19ClF4N8O3/c24-13-5-3-12(4-6-13)19-33-35(22(39)34(19)9-17(37)23(26,27)28)10-18-30-11-36(32-18)20-16(2-1-7-29-20)31-21(38)14-8-15(14)25/h1-7,11,14-15,17,37H,8-10H2,(H,31,38)/t14?,15?,17-/m0/s1. The molecular formula is C23H19ClF4N8O3. The van der Waals surface area contributed by atoms with Gasteiger partial charge in [-0.15, -0.1) is 10.2 Å². The molecule has 0 aliphatic heterocycles. The van der Waals surface area contributed by atoms with E-state index in [1.165, 1.54) is 41.5 Å². The second-order valence-corrected chi connectivity index (χ2v) is 9.20. The molecule has 0 bridgehead atoms. The van der Waals surface area contributed by atoms with Gasteiger partial charge in [0.25, 0.3) is 0 Å². The zero-order chi connectivity index (χ0) is 27.9. The number of aliphatic hydroxyl groups is 1. The molecule has 16 heteroatoms. The smallest absolute Gasteiger partial charge is 0.382 e. The van der Waals surface area contributed by atoms with Crippen LogP contribution in [0, 0.1) is 5.92 Å². The van der Waals surface area contributed by atoms with Crippen molar-refractivity contribution in [3.05, 3.63) is 70.3 Å². The summed E-state index contributed by atoms with van der Waals surface area (Å²) in [7, 11) is 0. The number of pyridine rings is 1. The van der Waals surface area contributed by atoms with E-state index < -0.39 is 42.5 Å². The van der Waals surface area contributed by atoms with E-state index in [4.69, 9.17) is 11.6 Å². The van der Waals surface area contributed by atoms with Crippen LogP contribution in [0.5, 0.6) is 0 Å². The lowest BCUT2D eigenvalue weighted by atomic mass is 10.2. The van der Waals surface area contributed by atoms with Gasteiger partial charge in [0.1, 0.15) is 19.0 Å². The number of nitrogens with one attached hydrogen (secondary N) is 1. The summed E-state index contributed by atoms with van der Waals surface area (Å²) in [4.78, 5) is 33.5. The van der Waals surface area contributed by atoms with Gasteiger partial charge in [0, 0.05) is 16.8 Å². The van der Waals surface area contributed by atoms with Gasteiger partial charge in [-0.05, 0) is 42.8 Å². The van der Waals surface area contributed by atoms with Crippen molar-refractivity contribution in [1.29, 1.82) is 0 Å². The topological polar surface area (TPSA) is 133 Å². The van der Waals surface area contributed by atoms with Gasteiger partial charge >= 0.3 is 11.9 Å². The van der Waals surface area contributed by atoms with Gasteiger partial charge in [0.05, 0.1) is 18.2 Å². The van der Waals surface area contributed by atoms with Gasteiger partial charge < -0.3 is 10.4 Å². The van der Waals surface area contributed by atoms with Crippen LogP contribution in [0.1, 0.15) is 12.2 Å². The summed E-state index contributed by atoms with van der Waals surface area (Å²) in [5.41, 5.74) is -0.385. The van der Waals surface area contributed by atoms with E-state index >= 15 is 0 Å². The molecule has 2 N–H and O–H groups in total. The fourth-order valence-electron chi connectivity index (χ4n) is 3.74. The zero-order valence-corrected chi connectivity index (χ0v) is 20.5. The van der Waals surface area contributed by atoms with Gasteiger partial charge in [-0.25, -0.2) is 28.5 Å². The lowest BCUT2D eigenvalue weighted by molar-refractivity contribution is -0.207. The van der Waals surface area contributed by atoms with Crippen LogP contribution in [0.3, 0.4) is 0 Å². The van der Waals surface area contributed by atoms with Crippen LogP contribution in [0.15, 0.2) is 53.7 Å². The number of rotatable bonds is 8. The fraction of sp³-hybridized carbons (Fsp3) is 0.304. The number of aromatic nitrogens is 7. The SMILES string of the molecule is O=C(Nc1cccnc1-n1cnc(Cn2nc(-c3ccc(Cl)cc3)n(C[C@H](O)C(F)(F)F)c2=O)n1)C1CC1F. The van der Waals surface area contributed by atoms with Crippen LogP contribution >= 0.6 is 11.6 Å². The van der Waals surface area contributed by atoms with Gasteiger partial charge in [0.2, 0.25) is 5.91 Å². The Morgan fingerprint density at radius 3 is 2.56 bits per heavy atom. The maximum Gasteiger partial charge on any atom is 0.416 e. The maximum atomic E-state index is 13.3. The molecule has 1 fully saturated rings. The molecule has 204 valence electrons. The third kappa shape index (κ3) is 5.68. The van der Waals surface area contributed by atoms with E-state index in [0.29, 0.717) is 15.2 Å². The number of hydrogen-bond acceptors (Lipinski definition) is 7. The molecule has 39 heavy (non-hydrogen) atoms. The number of halogens is 5. The normalized spacial score (nSPS) is 17.7. The van der Waals surface area contributed by atoms with E-state index in [1.807, 2.05) is 0 Å². The van der Waals surface area contributed by atoms with E-state index in [2.05, 4.69) is 25.5 Å². The minimum Gasteiger partial charge on any atom is -0.382 e. The van der Waals surface area contributed by atoms with Crippen LogP contribution in [0.25, 0.3) is 17.2 Å². The van der Waals surface area contributed by atoms with E-state index in [9.17, 15) is 32.3 Å². The number of amides is 1. The number of carbonyl (C=O) groups is 1. The monoisotopic (exact) mass is 566 g/mol. The number of anilines is 1. The van der Waals surface area contributed by atoms with Crippen LogP contribution in [-0.4, -0.2) is 63.6 Å². The molecule has 0 spiro atoms. The number of aliphatic hydroxyl groups excluding tert-OH is 1. The highest BCUT2D eigenvalue weighted by Gasteiger charge is 2.44.